The lowest BCUT2D eigenvalue weighted by molar-refractivity contribution is 0.0172. The Kier molecular flexibility index (Phi) is 0.974. The molecule has 0 saturated carbocycles. The highest BCUT2D eigenvalue weighted by Gasteiger charge is 2.15. The molecule has 2 rings (SSSR count). The van der Waals surface area contributed by atoms with Crippen LogP contribution in [0.25, 0.3) is 0 Å². The minimum atomic E-state index is 0.288. The number of fused-ring (bicyclic) bond motifs is 1. The average Bonchev–Trinajstić information content (AvgIpc) is 2.27. The fourth-order valence-corrected chi connectivity index (χ4v) is 0.965. The monoisotopic (exact) mass is 137 g/mol. The van der Waals surface area contributed by atoms with Crippen molar-refractivity contribution < 1.29 is 9.47 Å². The van der Waals surface area contributed by atoms with Gasteiger partial charge in [0.2, 0.25) is 6.79 Å². The normalized spacial score (nSPS) is 21.4. The van der Waals surface area contributed by atoms with Gasteiger partial charge in [-0.15, -0.1) is 0 Å². The van der Waals surface area contributed by atoms with Gasteiger partial charge in [0.1, 0.15) is 5.76 Å². The Morgan fingerprint density at radius 3 is 3.10 bits per heavy atom. The van der Waals surface area contributed by atoms with E-state index in [-0.39, 0.29) is 6.79 Å². The van der Waals surface area contributed by atoms with Gasteiger partial charge in [0, 0.05) is 11.8 Å². The van der Waals surface area contributed by atoms with E-state index in [4.69, 9.17) is 15.2 Å². The molecule has 1 aliphatic carbocycles. The lowest BCUT2D eigenvalue weighted by atomic mass is 10.3. The fraction of sp³-hybridized carbons (Fsp3) is 0.143. The van der Waals surface area contributed by atoms with Gasteiger partial charge in [-0.3, -0.25) is 0 Å². The number of hydrogen-bond acceptors (Lipinski definition) is 3. The van der Waals surface area contributed by atoms with Crippen LogP contribution in [0, 0.1) is 0 Å². The van der Waals surface area contributed by atoms with Crippen molar-refractivity contribution in [3.05, 3.63) is 35.4 Å². The van der Waals surface area contributed by atoms with Gasteiger partial charge in [-0.1, -0.05) is 0 Å². The number of allylic oxidation sites excluding steroid dienone is 2. The number of hydrogen-bond donors (Lipinski definition) is 1. The van der Waals surface area contributed by atoms with E-state index in [0.29, 0.717) is 5.70 Å². The van der Waals surface area contributed by atoms with E-state index in [2.05, 4.69) is 0 Å². The van der Waals surface area contributed by atoms with Gasteiger partial charge in [-0.05, 0) is 6.08 Å². The quantitative estimate of drug-likeness (QED) is 0.532. The Bertz CT molecular complexity index is 250. The maximum atomic E-state index is 5.50. The molecular formula is C7H7NO2. The summed E-state index contributed by atoms with van der Waals surface area (Å²) in [5.41, 5.74) is 7.14. The molecule has 0 aromatic rings. The van der Waals surface area contributed by atoms with Gasteiger partial charge in [-0.25, -0.2) is 0 Å². The highest BCUT2D eigenvalue weighted by atomic mass is 16.7. The van der Waals surface area contributed by atoms with E-state index in [0.717, 1.165) is 11.3 Å². The minimum absolute atomic E-state index is 0.288. The van der Waals surface area contributed by atoms with Crippen LogP contribution in [-0.4, -0.2) is 6.79 Å². The number of rotatable bonds is 0. The molecule has 0 aromatic carbocycles. The summed E-state index contributed by atoms with van der Waals surface area (Å²) < 4.78 is 10.0. The predicted octanol–water partition coefficient (Wildman–Crippen LogP) is 0.615. The summed E-state index contributed by atoms with van der Waals surface area (Å²) in [7, 11) is 0. The van der Waals surface area contributed by atoms with E-state index in [9.17, 15) is 0 Å². The molecule has 2 aliphatic rings. The van der Waals surface area contributed by atoms with Crippen LogP contribution in [0.5, 0.6) is 0 Å². The first-order valence-electron chi connectivity index (χ1n) is 3.00. The van der Waals surface area contributed by atoms with Crippen molar-refractivity contribution in [3.63, 3.8) is 0 Å². The van der Waals surface area contributed by atoms with Crippen molar-refractivity contribution in [2.24, 2.45) is 5.73 Å². The topological polar surface area (TPSA) is 44.5 Å². The molecule has 0 amide bonds. The maximum absolute atomic E-state index is 5.50. The van der Waals surface area contributed by atoms with E-state index in [1.54, 1.807) is 12.3 Å². The van der Waals surface area contributed by atoms with E-state index in [1.165, 1.54) is 0 Å². The molecule has 0 unspecified atom stereocenters. The van der Waals surface area contributed by atoms with Gasteiger partial charge < -0.3 is 15.2 Å². The Labute approximate surface area is 58.4 Å². The minimum Gasteiger partial charge on any atom is -0.464 e. The SMILES string of the molecule is NC1=CC2=COCOC2=C1. The zero-order valence-corrected chi connectivity index (χ0v) is 5.33. The Hall–Kier alpha value is -1.38. The zero-order valence-electron chi connectivity index (χ0n) is 5.33. The Morgan fingerprint density at radius 2 is 2.30 bits per heavy atom. The molecule has 10 heavy (non-hydrogen) atoms. The smallest absolute Gasteiger partial charge is 0.230 e. The molecule has 3 heteroatoms. The van der Waals surface area contributed by atoms with Gasteiger partial charge in [0.15, 0.2) is 0 Å². The standard InChI is InChI=1S/C7H7NO2/c8-6-1-5-3-9-4-10-7(5)2-6/h1-3H,4,8H2. The average molecular weight is 137 g/mol. The first kappa shape index (κ1) is 5.41. The summed E-state index contributed by atoms with van der Waals surface area (Å²) in [6.45, 7) is 0.288. The van der Waals surface area contributed by atoms with Gasteiger partial charge in [0.25, 0.3) is 0 Å². The summed E-state index contributed by atoms with van der Waals surface area (Å²) in [5.74, 6) is 0.809. The van der Waals surface area contributed by atoms with Gasteiger partial charge in [-0.2, -0.15) is 0 Å². The van der Waals surface area contributed by atoms with Crippen molar-refractivity contribution in [2.45, 2.75) is 0 Å². The van der Waals surface area contributed by atoms with Crippen LogP contribution in [0.2, 0.25) is 0 Å². The lowest BCUT2D eigenvalue weighted by Gasteiger charge is -2.12. The molecule has 0 radical (unpaired) electrons. The van der Waals surface area contributed by atoms with Crippen LogP contribution in [0.1, 0.15) is 0 Å². The summed E-state index contributed by atoms with van der Waals surface area (Å²) in [6, 6.07) is 0. The highest BCUT2D eigenvalue weighted by molar-refractivity contribution is 5.48. The van der Waals surface area contributed by atoms with Gasteiger partial charge in [0.05, 0.1) is 11.8 Å². The van der Waals surface area contributed by atoms with Crippen LogP contribution >= 0.6 is 0 Å². The Balaban J connectivity index is 2.39. The summed E-state index contributed by atoms with van der Waals surface area (Å²) in [5, 5.41) is 0. The van der Waals surface area contributed by atoms with E-state index >= 15 is 0 Å². The molecule has 1 heterocycles. The molecule has 52 valence electrons. The molecule has 1 aliphatic heterocycles. The van der Waals surface area contributed by atoms with Crippen LogP contribution in [0.3, 0.4) is 0 Å². The summed E-state index contributed by atoms with van der Waals surface area (Å²) in [4.78, 5) is 0. The van der Waals surface area contributed by atoms with Crippen LogP contribution in [-0.2, 0) is 9.47 Å². The van der Waals surface area contributed by atoms with Crippen molar-refractivity contribution >= 4 is 0 Å². The highest BCUT2D eigenvalue weighted by Crippen LogP contribution is 2.24. The van der Waals surface area contributed by atoms with Crippen molar-refractivity contribution in [1.29, 1.82) is 0 Å². The second kappa shape index (κ2) is 1.80. The molecule has 0 bridgehead atoms. The molecule has 3 nitrogen and oxygen atoms in total. The lowest BCUT2D eigenvalue weighted by Crippen LogP contribution is -2.02. The molecule has 0 spiro atoms. The largest absolute Gasteiger partial charge is 0.464 e. The Morgan fingerprint density at radius 1 is 1.40 bits per heavy atom. The molecule has 0 atom stereocenters. The van der Waals surface area contributed by atoms with Gasteiger partial charge >= 0.3 is 0 Å². The second-order valence-electron chi connectivity index (χ2n) is 2.15. The summed E-state index contributed by atoms with van der Waals surface area (Å²) in [6.07, 6.45) is 5.25. The van der Waals surface area contributed by atoms with Crippen molar-refractivity contribution in [3.8, 4) is 0 Å². The summed E-state index contributed by atoms with van der Waals surface area (Å²) >= 11 is 0. The number of nitrogens with two attached hydrogens (primary N) is 1. The molecule has 2 N–H and O–H groups in total. The molecule has 0 fully saturated rings. The van der Waals surface area contributed by atoms with Crippen LogP contribution in [0.4, 0.5) is 0 Å². The predicted molar refractivity (Wildman–Crippen MR) is 35.5 cm³/mol. The first-order chi connectivity index (χ1) is 4.86. The maximum Gasteiger partial charge on any atom is 0.230 e. The second-order valence-corrected chi connectivity index (χ2v) is 2.15. The van der Waals surface area contributed by atoms with Crippen molar-refractivity contribution in [1.82, 2.24) is 0 Å². The van der Waals surface area contributed by atoms with Crippen LogP contribution < -0.4 is 5.73 Å². The molecule has 0 aromatic heterocycles. The third kappa shape index (κ3) is 0.673. The fourth-order valence-electron chi connectivity index (χ4n) is 0.965. The van der Waals surface area contributed by atoms with Crippen LogP contribution in [0.15, 0.2) is 35.4 Å². The molecular weight excluding hydrogens is 130 g/mol. The third-order valence-electron chi connectivity index (χ3n) is 1.40. The van der Waals surface area contributed by atoms with E-state index < -0.39 is 0 Å². The first-order valence-corrected chi connectivity index (χ1v) is 3.00. The third-order valence-corrected chi connectivity index (χ3v) is 1.40. The van der Waals surface area contributed by atoms with Crippen molar-refractivity contribution in [2.75, 3.05) is 6.79 Å². The van der Waals surface area contributed by atoms with E-state index in [1.807, 2.05) is 6.08 Å². The zero-order chi connectivity index (χ0) is 6.97. The molecule has 0 saturated heterocycles. The number of ether oxygens (including phenoxy) is 2.